The standard InChI is InChI=1S/C13H10BrN3O2S/c14-9-4-5-12-11(7-9)13(17-16-12)8-2-1-3-10(6-8)20(15,18)19/h1-7H,(H,16,17)(H2,15,18,19). The van der Waals surface area contributed by atoms with Crippen LogP contribution in [0.3, 0.4) is 0 Å². The Kier molecular flexibility index (Phi) is 3.12. The van der Waals surface area contributed by atoms with E-state index in [2.05, 4.69) is 26.1 Å². The van der Waals surface area contributed by atoms with Crippen molar-refractivity contribution in [3.8, 4) is 11.3 Å². The number of benzene rings is 2. The van der Waals surface area contributed by atoms with Crippen LogP contribution in [-0.2, 0) is 10.0 Å². The number of halogens is 1. The molecule has 102 valence electrons. The lowest BCUT2D eigenvalue weighted by Crippen LogP contribution is -2.11. The summed E-state index contributed by atoms with van der Waals surface area (Å²) in [5, 5.41) is 13.2. The van der Waals surface area contributed by atoms with Crippen LogP contribution in [0.15, 0.2) is 51.8 Å². The number of aromatic amines is 1. The molecule has 1 aromatic heterocycles. The molecule has 3 aromatic rings. The third-order valence-corrected chi connectivity index (χ3v) is 4.37. The Bertz CT molecular complexity index is 903. The van der Waals surface area contributed by atoms with Crippen molar-refractivity contribution in [2.45, 2.75) is 4.90 Å². The van der Waals surface area contributed by atoms with Gasteiger partial charge in [-0.25, -0.2) is 13.6 Å². The Labute approximate surface area is 124 Å². The van der Waals surface area contributed by atoms with E-state index in [-0.39, 0.29) is 4.90 Å². The number of hydrogen-bond donors (Lipinski definition) is 2. The third-order valence-electron chi connectivity index (χ3n) is 2.96. The highest BCUT2D eigenvalue weighted by Crippen LogP contribution is 2.29. The van der Waals surface area contributed by atoms with E-state index in [1.165, 1.54) is 12.1 Å². The number of primary sulfonamides is 1. The van der Waals surface area contributed by atoms with E-state index in [9.17, 15) is 8.42 Å². The highest BCUT2D eigenvalue weighted by Gasteiger charge is 2.12. The molecule has 0 atom stereocenters. The highest BCUT2D eigenvalue weighted by atomic mass is 79.9. The molecular weight excluding hydrogens is 342 g/mol. The van der Waals surface area contributed by atoms with Crippen LogP contribution in [-0.4, -0.2) is 18.6 Å². The molecule has 0 aliphatic heterocycles. The summed E-state index contributed by atoms with van der Waals surface area (Å²) in [7, 11) is -3.73. The molecule has 0 aliphatic carbocycles. The first-order chi connectivity index (χ1) is 9.45. The second kappa shape index (κ2) is 4.69. The molecule has 0 saturated carbocycles. The van der Waals surface area contributed by atoms with Crippen molar-refractivity contribution < 1.29 is 8.42 Å². The normalized spacial score (nSPS) is 11.9. The van der Waals surface area contributed by atoms with Crippen LogP contribution in [0, 0.1) is 0 Å². The molecule has 3 N–H and O–H groups in total. The first kappa shape index (κ1) is 13.3. The zero-order chi connectivity index (χ0) is 14.3. The largest absolute Gasteiger partial charge is 0.277 e. The summed E-state index contributed by atoms with van der Waals surface area (Å²) in [6.07, 6.45) is 0. The Morgan fingerprint density at radius 3 is 2.70 bits per heavy atom. The van der Waals surface area contributed by atoms with Gasteiger partial charge in [-0.15, -0.1) is 0 Å². The lowest BCUT2D eigenvalue weighted by molar-refractivity contribution is 0.598. The SMILES string of the molecule is NS(=O)(=O)c1cccc(-c2n[nH]c3ccc(Br)cc23)c1. The van der Waals surface area contributed by atoms with Crippen LogP contribution in [0.1, 0.15) is 0 Å². The zero-order valence-electron chi connectivity index (χ0n) is 10.2. The molecule has 0 fully saturated rings. The van der Waals surface area contributed by atoms with Gasteiger partial charge in [0.2, 0.25) is 10.0 Å². The van der Waals surface area contributed by atoms with E-state index in [4.69, 9.17) is 5.14 Å². The van der Waals surface area contributed by atoms with Crippen molar-refractivity contribution in [3.63, 3.8) is 0 Å². The number of aromatic nitrogens is 2. The number of hydrogen-bond acceptors (Lipinski definition) is 3. The molecule has 0 amide bonds. The van der Waals surface area contributed by atoms with Crippen LogP contribution >= 0.6 is 15.9 Å². The first-order valence-electron chi connectivity index (χ1n) is 5.72. The summed E-state index contributed by atoms with van der Waals surface area (Å²) in [6.45, 7) is 0. The second-order valence-corrected chi connectivity index (χ2v) is 6.81. The van der Waals surface area contributed by atoms with Crippen molar-refractivity contribution in [1.29, 1.82) is 0 Å². The third kappa shape index (κ3) is 2.35. The molecule has 2 aromatic carbocycles. The molecule has 3 rings (SSSR count). The number of nitrogens with zero attached hydrogens (tertiary/aromatic N) is 1. The number of sulfonamides is 1. The lowest BCUT2D eigenvalue weighted by Gasteiger charge is -2.02. The molecule has 7 heteroatoms. The average molecular weight is 352 g/mol. The van der Waals surface area contributed by atoms with Crippen molar-refractivity contribution >= 4 is 36.9 Å². The molecule has 0 bridgehead atoms. The summed E-state index contributed by atoms with van der Waals surface area (Å²) in [6, 6.07) is 12.2. The van der Waals surface area contributed by atoms with Gasteiger partial charge in [0.1, 0.15) is 0 Å². The highest BCUT2D eigenvalue weighted by molar-refractivity contribution is 9.10. The maximum absolute atomic E-state index is 11.4. The van der Waals surface area contributed by atoms with Gasteiger partial charge < -0.3 is 0 Å². The van der Waals surface area contributed by atoms with E-state index in [0.717, 1.165) is 15.4 Å². The van der Waals surface area contributed by atoms with E-state index in [1.807, 2.05) is 18.2 Å². The number of H-pyrrole nitrogens is 1. The van der Waals surface area contributed by atoms with Crippen LogP contribution in [0.25, 0.3) is 22.2 Å². The van der Waals surface area contributed by atoms with Crippen molar-refractivity contribution in [2.75, 3.05) is 0 Å². The summed E-state index contributed by atoms with van der Waals surface area (Å²) < 4.78 is 23.8. The molecule has 20 heavy (non-hydrogen) atoms. The maximum Gasteiger partial charge on any atom is 0.238 e. The average Bonchev–Trinajstić information content (AvgIpc) is 2.81. The summed E-state index contributed by atoms with van der Waals surface area (Å²) in [5.41, 5.74) is 2.26. The predicted octanol–water partition coefficient (Wildman–Crippen LogP) is 2.64. The Hall–Kier alpha value is -1.70. The van der Waals surface area contributed by atoms with E-state index < -0.39 is 10.0 Å². The maximum atomic E-state index is 11.4. The first-order valence-corrected chi connectivity index (χ1v) is 8.06. The monoisotopic (exact) mass is 351 g/mol. The zero-order valence-corrected chi connectivity index (χ0v) is 12.6. The smallest absolute Gasteiger partial charge is 0.238 e. The van der Waals surface area contributed by atoms with Gasteiger partial charge >= 0.3 is 0 Å². The fraction of sp³-hybridized carbons (Fsp3) is 0. The molecule has 0 unspecified atom stereocenters. The van der Waals surface area contributed by atoms with E-state index in [0.29, 0.717) is 11.3 Å². The molecule has 0 saturated heterocycles. The van der Waals surface area contributed by atoms with Crippen molar-refractivity contribution in [2.24, 2.45) is 5.14 Å². The van der Waals surface area contributed by atoms with Gasteiger partial charge in [-0.05, 0) is 30.3 Å². The molecule has 1 heterocycles. The minimum absolute atomic E-state index is 0.0705. The number of nitrogens with one attached hydrogen (secondary N) is 1. The van der Waals surface area contributed by atoms with Crippen molar-refractivity contribution in [3.05, 3.63) is 46.9 Å². The molecule has 0 radical (unpaired) electrons. The summed E-state index contributed by atoms with van der Waals surface area (Å²) in [4.78, 5) is 0.0705. The summed E-state index contributed by atoms with van der Waals surface area (Å²) >= 11 is 3.41. The van der Waals surface area contributed by atoms with Gasteiger partial charge in [0.25, 0.3) is 0 Å². The Balaban J connectivity index is 2.23. The van der Waals surface area contributed by atoms with Gasteiger partial charge in [0, 0.05) is 15.4 Å². The molecular formula is C13H10BrN3O2S. The fourth-order valence-corrected chi connectivity index (χ4v) is 2.95. The second-order valence-electron chi connectivity index (χ2n) is 4.33. The minimum atomic E-state index is -3.73. The number of fused-ring (bicyclic) bond motifs is 1. The van der Waals surface area contributed by atoms with Gasteiger partial charge in [0.05, 0.1) is 16.1 Å². The van der Waals surface area contributed by atoms with Crippen LogP contribution in [0.2, 0.25) is 0 Å². The number of rotatable bonds is 2. The van der Waals surface area contributed by atoms with Crippen LogP contribution < -0.4 is 5.14 Å². The molecule has 0 aliphatic rings. The van der Waals surface area contributed by atoms with Gasteiger partial charge in [-0.1, -0.05) is 28.1 Å². The van der Waals surface area contributed by atoms with Gasteiger partial charge in [0.15, 0.2) is 0 Å². The Morgan fingerprint density at radius 2 is 1.95 bits per heavy atom. The van der Waals surface area contributed by atoms with Crippen LogP contribution in [0.4, 0.5) is 0 Å². The Morgan fingerprint density at radius 1 is 1.15 bits per heavy atom. The predicted molar refractivity (Wildman–Crippen MR) is 80.6 cm³/mol. The lowest BCUT2D eigenvalue weighted by atomic mass is 10.1. The molecule has 5 nitrogen and oxygen atoms in total. The minimum Gasteiger partial charge on any atom is -0.277 e. The quantitative estimate of drug-likeness (QED) is 0.743. The van der Waals surface area contributed by atoms with Gasteiger partial charge in [-0.3, -0.25) is 5.10 Å². The van der Waals surface area contributed by atoms with Crippen molar-refractivity contribution in [1.82, 2.24) is 10.2 Å². The van der Waals surface area contributed by atoms with Gasteiger partial charge in [-0.2, -0.15) is 5.10 Å². The number of nitrogens with two attached hydrogens (primary N) is 1. The van der Waals surface area contributed by atoms with Crippen LogP contribution in [0.5, 0.6) is 0 Å². The topological polar surface area (TPSA) is 88.8 Å². The van der Waals surface area contributed by atoms with E-state index >= 15 is 0 Å². The van der Waals surface area contributed by atoms with E-state index in [1.54, 1.807) is 12.1 Å². The summed E-state index contributed by atoms with van der Waals surface area (Å²) in [5.74, 6) is 0. The fourth-order valence-electron chi connectivity index (χ4n) is 2.03. The molecule has 0 spiro atoms.